The third kappa shape index (κ3) is 5.39. The van der Waals surface area contributed by atoms with Gasteiger partial charge in [-0.25, -0.2) is 0 Å². The number of ether oxygens (including phenoxy) is 3. The van der Waals surface area contributed by atoms with Crippen molar-refractivity contribution in [3.8, 4) is 11.5 Å². The van der Waals surface area contributed by atoms with E-state index in [-0.39, 0.29) is 36.8 Å². The van der Waals surface area contributed by atoms with Crippen molar-refractivity contribution in [3.63, 3.8) is 0 Å². The van der Waals surface area contributed by atoms with Crippen molar-refractivity contribution in [2.45, 2.75) is 123 Å². The number of nitrogens with one attached hydrogen (secondary N) is 3. The van der Waals surface area contributed by atoms with Crippen LogP contribution < -0.4 is 25.4 Å². The van der Waals surface area contributed by atoms with Gasteiger partial charge in [0.2, 0.25) is 18.6 Å². The first-order valence-electron chi connectivity index (χ1n) is 19.0. The first kappa shape index (κ1) is 31.9. The summed E-state index contributed by atoms with van der Waals surface area (Å²) >= 11 is 0. The highest BCUT2D eigenvalue weighted by Crippen LogP contribution is 2.71. The lowest BCUT2D eigenvalue weighted by atomic mass is 9.44. The van der Waals surface area contributed by atoms with E-state index in [9.17, 15) is 9.59 Å². The summed E-state index contributed by atoms with van der Waals surface area (Å²) in [6.07, 6.45) is 13.2. The lowest BCUT2D eigenvalue weighted by Crippen LogP contribution is -2.58. The summed E-state index contributed by atoms with van der Waals surface area (Å²) in [4.78, 5) is 25.5. The molecule has 8 heteroatoms. The first-order valence-corrected chi connectivity index (χ1v) is 19.0. The average Bonchev–Trinajstić information content (AvgIpc) is 3.70. The largest absolute Gasteiger partial charge is 0.454 e. The monoisotopic (exact) mass is 647 g/mol. The van der Waals surface area contributed by atoms with Crippen LogP contribution in [-0.4, -0.2) is 49.6 Å². The molecule has 1 unspecified atom stereocenters. The summed E-state index contributed by atoms with van der Waals surface area (Å²) in [6.45, 7) is 11.9. The molecule has 1 spiro atoms. The van der Waals surface area contributed by atoms with Gasteiger partial charge in [0.05, 0.1) is 6.10 Å². The van der Waals surface area contributed by atoms with E-state index in [1.807, 2.05) is 18.2 Å². The molecule has 0 aromatic heterocycles. The molecule has 0 bridgehead atoms. The molecule has 12 atom stereocenters. The second-order valence-electron chi connectivity index (χ2n) is 17.3. The zero-order valence-electron chi connectivity index (χ0n) is 29.1. The standard InChI is InChI=1S/C39H57N3O5/c1-23-9-15-39(41-21-23)24(2)36-33(47-39)19-30-28-7-6-26-18-27(10-13-37(26,3)29(28)11-14-38(30,36)4)42-35(44)20-34(43)40-16-12-25-5-8-31-32(17-25)46-22-45-31/h5,8,17,23-24,26-30,33,36,41H,6-7,9-16,18-22H2,1-4H3,(H,40,43)(H,42,44)/t23-,24+,26+,27?,28-,29+,30+,33+,36+,37+,38+,39-/m1/s1. The maximum absolute atomic E-state index is 12.9. The molecule has 1 aromatic carbocycles. The Morgan fingerprint density at radius 3 is 2.57 bits per heavy atom. The summed E-state index contributed by atoms with van der Waals surface area (Å²) in [6, 6.07) is 6.02. The number of hydrogen-bond donors (Lipinski definition) is 3. The molecule has 3 N–H and O–H groups in total. The second kappa shape index (κ2) is 11.9. The molecule has 4 aliphatic carbocycles. The van der Waals surface area contributed by atoms with E-state index in [1.54, 1.807) is 0 Å². The summed E-state index contributed by atoms with van der Waals surface area (Å²) in [5.74, 6) is 6.15. The number of amides is 2. The fraction of sp³-hybridized carbons (Fsp3) is 0.795. The van der Waals surface area contributed by atoms with Crippen LogP contribution >= 0.6 is 0 Å². The zero-order chi connectivity index (χ0) is 32.6. The molecule has 7 aliphatic rings. The molecule has 8 nitrogen and oxygen atoms in total. The van der Waals surface area contributed by atoms with Gasteiger partial charge in [-0.05, 0) is 135 Å². The first-order chi connectivity index (χ1) is 22.6. The molecule has 3 aliphatic heterocycles. The Morgan fingerprint density at radius 1 is 0.915 bits per heavy atom. The van der Waals surface area contributed by atoms with Crippen molar-refractivity contribution in [3.05, 3.63) is 23.8 Å². The predicted molar refractivity (Wildman–Crippen MR) is 180 cm³/mol. The smallest absolute Gasteiger partial charge is 0.231 e. The van der Waals surface area contributed by atoms with E-state index in [1.165, 1.54) is 51.4 Å². The topological polar surface area (TPSA) is 97.9 Å². The highest BCUT2D eigenvalue weighted by Gasteiger charge is 2.68. The van der Waals surface area contributed by atoms with Crippen LogP contribution in [0.3, 0.4) is 0 Å². The fourth-order valence-electron chi connectivity index (χ4n) is 12.5. The minimum atomic E-state index is -0.214. The minimum absolute atomic E-state index is 0.0893. The van der Waals surface area contributed by atoms with Crippen molar-refractivity contribution in [1.82, 2.24) is 16.0 Å². The van der Waals surface area contributed by atoms with Crippen LogP contribution in [0.4, 0.5) is 0 Å². The third-order valence-electron chi connectivity index (χ3n) is 15.0. The Labute approximate surface area is 281 Å². The van der Waals surface area contributed by atoms with Gasteiger partial charge in [0.1, 0.15) is 12.1 Å². The van der Waals surface area contributed by atoms with Gasteiger partial charge >= 0.3 is 0 Å². The predicted octanol–water partition coefficient (Wildman–Crippen LogP) is 5.97. The summed E-state index contributed by atoms with van der Waals surface area (Å²) < 4.78 is 17.9. The lowest BCUT2D eigenvalue weighted by molar-refractivity contribution is -0.137. The van der Waals surface area contributed by atoms with Crippen LogP contribution in [0.15, 0.2) is 18.2 Å². The van der Waals surface area contributed by atoms with Gasteiger partial charge < -0.3 is 24.8 Å². The second-order valence-corrected chi connectivity index (χ2v) is 17.3. The van der Waals surface area contributed by atoms with Crippen LogP contribution in [0.25, 0.3) is 0 Å². The molecular formula is C39H57N3O5. The molecule has 1 aromatic rings. The normalized spacial score (nSPS) is 44.6. The van der Waals surface area contributed by atoms with Gasteiger partial charge in [-0.3, -0.25) is 14.9 Å². The number of piperidine rings is 1. The van der Waals surface area contributed by atoms with E-state index >= 15 is 0 Å². The average molecular weight is 648 g/mol. The summed E-state index contributed by atoms with van der Waals surface area (Å²) in [5.41, 5.74) is 1.72. The van der Waals surface area contributed by atoms with Crippen molar-refractivity contribution in [2.24, 2.45) is 52.3 Å². The Morgan fingerprint density at radius 2 is 1.74 bits per heavy atom. The van der Waals surface area contributed by atoms with Crippen LogP contribution in [-0.2, 0) is 20.7 Å². The summed E-state index contributed by atoms with van der Waals surface area (Å²) in [5, 5.41) is 10.1. The van der Waals surface area contributed by atoms with E-state index in [0.717, 1.165) is 60.1 Å². The van der Waals surface area contributed by atoms with Crippen molar-refractivity contribution >= 4 is 11.8 Å². The van der Waals surface area contributed by atoms with Crippen LogP contribution in [0, 0.1) is 52.3 Å². The Kier molecular flexibility index (Phi) is 8.10. The number of benzene rings is 1. The van der Waals surface area contributed by atoms with Gasteiger partial charge in [-0.15, -0.1) is 0 Å². The molecule has 4 saturated carbocycles. The van der Waals surface area contributed by atoms with E-state index in [0.29, 0.717) is 47.7 Å². The molecule has 2 amide bonds. The Hall–Kier alpha value is -2.32. The van der Waals surface area contributed by atoms with Crippen molar-refractivity contribution < 1.29 is 23.8 Å². The van der Waals surface area contributed by atoms with Gasteiger partial charge in [-0.1, -0.05) is 33.8 Å². The maximum atomic E-state index is 12.9. The number of hydrogen-bond acceptors (Lipinski definition) is 6. The number of carbonyl (C=O) groups is 2. The Balaban J connectivity index is 0.832. The molecule has 6 fully saturated rings. The van der Waals surface area contributed by atoms with Crippen molar-refractivity contribution in [1.29, 1.82) is 0 Å². The third-order valence-corrected chi connectivity index (χ3v) is 15.0. The molecule has 0 radical (unpaired) electrons. The zero-order valence-corrected chi connectivity index (χ0v) is 29.1. The number of carbonyl (C=O) groups excluding carboxylic acids is 2. The van der Waals surface area contributed by atoms with Gasteiger partial charge in [0.25, 0.3) is 0 Å². The SMILES string of the molecule is C[C@@H]1CC[C@@]2(NC1)O[C@H]1C[C@H]3[C@@H]4CC[C@H]5CC(NC(=O)CC(=O)NCCc6ccc7c(c6)OCO7)CC[C@]5(C)[C@H]4CC[C@]3(C)[C@H]1[C@@H]2C. The fourth-order valence-corrected chi connectivity index (χ4v) is 12.5. The van der Waals surface area contributed by atoms with E-state index in [4.69, 9.17) is 14.2 Å². The highest BCUT2D eigenvalue weighted by atomic mass is 16.7. The molecule has 2 saturated heterocycles. The van der Waals surface area contributed by atoms with Crippen molar-refractivity contribution in [2.75, 3.05) is 19.9 Å². The van der Waals surface area contributed by atoms with Gasteiger partial charge in [0, 0.05) is 25.0 Å². The van der Waals surface area contributed by atoms with E-state index in [2.05, 4.69) is 43.6 Å². The summed E-state index contributed by atoms with van der Waals surface area (Å²) in [7, 11) is 0. The lowest BCUT2D eigenvalue weighted by Gasteiger charge is -2.61. The van der Waals surface area contributed by atoms with Crippen LogP contribution in [0.1, 0.15) is 104 Å². The van der Waals surface area contributed by atoms with Gasteiger partial charge in [-0.2, -0.15) is 0 Å². The molecule has 47 heavy (non-hydrogen) atoms. The molecular weight excluding hydrogens is 590 g/mol. The maximum Gasteiger partial charge on any atom is 0.231 e. The quantitative estimate of drug-likeness (QED) is 0.330. The molecule has 3 heterocycles. The Bertz CT molecular complexity index is 1380. The van der Waals surface area contributed by atoms with Crippen LogP contribution in [0.2, 0.25) is 0 Å². The van der Waals surface area contributed by atoms with E-state index < -0.39 is 0 Å². The highest BCUT2D eigenvalue weighted by molar-refractivity contribution is 5.96. The minimum Gasteiger partial charge on any atom is -0.454 e. The molecule has 8 rings (SSSR count). The number of fused-ring (bicyclic) bond motifs is 8. The van der Waals surface area contributed by atoms with Crippen LogP contribution in [0.5, 0.6) is 11.5 Å². The van der Waals surface area contributed by atoms with Gasteiger partial charge in [0.15, 0.2) is 11.5 Å². The number of rotatable bonds is 6. The molecule has 258 valence electrons.